The molecule has 4 nitrogen and oxygen atoms in total. The molecule has 2 N–H and O–H groups in total. The van der Waals surface area contributed by atoms with E-state index in [-0.39, 0.29) is 17.2 Å². The van der Waals surface area contributed by atoms with Crippen LogP contribution in [-0.4, -0.2) is 10.8 Å². The molecule has 1 aromatic heterocycles. The van der Waals surface area contributed by atoms with Gasteiger partial charge in [-0.1, -0.05) is 29.8 Å². The zero-order valence-electron chi connectivity index (χ0n) is 11.2. The number of aryl methyl sites for hydroxylation is 1. The summed E-state index contributed by atoms with van der Waals surface area (Å²) in [5.74, 6) is 0.149. The molecule has 1 heterocycles. The van der Waals surface area contributed by atoms with Gasteiger partial charge in [-0.2, -0.15) is 5.26 Å². The highest BCUT2D eigenvalue weighted by molar-refractivity contribution is 6.33. The quantitative estimate of drug-likeness (QED) is 0.875. The summed E-state index contributed by atoms with van der Waals surface area (Å²) in [4.78, 5) is 16.6. The fraction of sp³-hybridized carbons (Fsp3) is 0.188. The summed E-state index contributed by atoms with van der Waals surface area (Å²) in [7, 11) is 0. The summed E-state index contributed by atoms with van der Waals surface area (Å²) in [5, 5.41) is 9.90. The van der Waals surface area contributed by atoms with Crippen LogP contribution in [0.3, 0.4) is 0 Å². The van der Waals surface area contributed by atoms with Gasteiger partial charge in [-0.05, 0) is 18.9 Å². The molecule has 104 valence electrons. The van der Waals surface area contributed by atoms with E-state index in [0.717, 1.165) is 6.42 Å². The Morgan fingerprint density at radius 1 is 1.24 bits per heavy atom. The second kappa shape index (κ2) is 5.19. The number of halogens is 1. The molecule has 0 amide bonds. The first-order chi connectivity index (χ1) is 10.1. The van der Waals surface area contributed by atoms with Crippen LogP contribution in [0.2, 0.25) is 5.02 Å². The number of hydrogen-bond donors (Lipinski definition) is 1. The average Bonchev–Trinajstić information content (AvgIpc) is 2.47. The van der Waals surface area contributed by atoms with Crippen molar-refractivity contribution in [1.29, 1.82) is 5.26 Å². The van der Waals surface area contributed by atoms with Gasteiger partial charge in [-0.3, -0.25) is 4.79 Å². The van der Waals surface area contributed by atoms with E-state index in [1.165, 1.54) is 0 Å². The molecule has 3 rings (SSSR count). The van der Waals surface area contributed by atoms with Crippen molar-refractivity contribution in [3.8, 4) is 17.2 Å². The third kappa shape index (κ3) is 2.16. The van der Waals surface area contributed by atoms with Gasteiger partial charge in [0.2, 0.25) is 0 Å². The molecule has 0 aliphatic heterocycles. The molecule has 0 unspecified atom stereocenters. The topological polar surface area (TPSA) is 79.8 Å². The number of carbonyl (C=O) groups excluding carboxylic acids is 1. The Balaban J connectivity index is 2.43. The van der Waals surface area contributed by atoms with Crippen LogP contribution in [-0.2, 0) is 6.42 Å². The van der Waals surface area contributed by atoms with Crippen LogP contribution >= 0.6 is 11.6 Å². The first kappa shape index (κ1) is 13.6. The van der Waals surface area contributed by atoms with Crippen molar-refractivity contribution in [1.82, 2.24) is 4.98 Å². The van der Waals surface area contributed by atoms with Crippen LogP contribution in [0.5, 0.6) is 0 Å². The molecular weight excluding hydrogens is 286 g/mol. The number of nitrogen functional groups attached to an aromatic ring is 1. The van der Waals surface area contributed by atoms with Gasteiger partial charge in [-0.25, -0.2) is 4.98 Å². The fourth-order valence-electron chi connectivity index (χ4n) is 2.72. The monoisotopic (exact) mass is 297 g/mol. The Hall–Kier alpha value is -2.38. The van der Waals surface area contributed by atoms with Gasteiger partial charge in [-0.15, -0.1) is 0 Å². The highest BCUT2D eigenvalue weighted by Gasteiger charge is 2.27. The number of ketones is 1. The lowest BCUT2D eigenvalue weighted by Crippen LogP contribution is -2.17. The highest BCUT2D eigenvalue weighted by atomic mass is 35.5. The zero-order chi connectivity index (χ0) is 15.0. The van der Waals surface area contributed by atoms with E-state index in [0.29, 0.717) is 40.2 Å². The van der Waals surface area contributed by atoms with E-state index in [9.17, 15) is 10.1 Å². The third-order valence-corrected chi connectivity index (χ3v) is 3.98. The van der Waals surface area contributed by atoms with Crippen molar-refractivity contribution < 1.29 is 4.79 Å². The van der Waals surface area contributed by atoms with E-state index in [1.807, 2.05) is 6.07 Å². The minimum absolute atomic E-state index is 0.00447. The van der Waals surface area contributed by atoms with Gasteiger partial charge in [0.1, 0.15) is 17.5 Å². The predicted octanol–water partition coefficient (Wildman–Crippen LogP) is 3.37. The minimum Gasteiger partial charge on any atom is -0.383 e. The van der Waals surface area contributed by atoms with Gasteiger partial charge in [0.15, 0.2) is 5.78 Å². The lowest BCUT2D eigenvalue weighted by atomic mass is 9.86. The number of carbonyl (C=O) groups is 1. The smallest absolute Gasteiger partial charge is 0.165 e. The van der Waals surface area contributed by atoms with Crippen molar-refractivity contribution in [3.05, 3.63) is 46.1 Å². The highest BCUT2D eigenvalue weighted by Crippen LogP contribution is 2.38. The van der Waals surface area contributed by atoms with E-state index >= 15 is 0 Å². The Morgan fingerprint density at radius 2 is 2.00 bits per heavy atom. The Morgan fingerprint density at radius 3 is 2.71 bits per heavy atom. The summed E-state index contributed by atoms with van der Waals surface area (Å²) in [6, 6.07) is 9.20. The van der Waals surface area contributed by atoms with E-state index in [2.05, 4.69) is 11.1 Å². The molecule has 1 aliphatic rings. The summed E-state index contributed by atoms with van der Waals surface area (Å²) in [5.41, 5.74) is 8.46. The third-order valence-electron chi connectivity index (χ3n) is 3.65. The molecule has 0 saturated heterocycles. The van der Waals surface area contributed by atoms with Crippen LogP contribution < -0.4 is 5.73 Å². The second-order valence-electron chi connectivity index (χ2n) is 4.94. The molecule has 0 radical (unpaired) electrons. The lowest BCUT2D eigenvalue weighted by molar-refractivity contribution is 0.0972. The molecule has 1 aromatic carbocycles. The molecule has 0 spiro atoms. The molecule has 2 aromatic rings. The standard InChI is InChI=1S/C16H12ClN3O/c17-11-5-2-1-4-9(11)14-10(8-18)16(19)20-12-6-3-7-13(21)15(12)14/h1-2,4-5H,3,6-7H2,(H2,19,20). The van der Waals surface area contributed by atoms with Gasteiger partial charge >= 0.3 is 0 Å². The van der Waals surface area contributed by atoms with Crippen LogP contribution in [0.25, 0.3) is 11.1 Å². The largest absolute Gasteiger partial charge is 0.383 e. The van der Waals surface area contributed by atoms with Crippen LogP contribution in [0.15, 0.2) is 24.3 Å². The van der Waals surface area contributed by atoms with Gasteiger partial charge in [0.05, 0.1) is 5.69 Å². The lowest BCUT2D eigenvalue weighted by Gasteiger charge is -2.20. The summed E-state index contributed by atoms with van der Waals surface area (Å²) >= 11 is 6.25. The fourth-order valence-corrected chi connectivity index (χ4v) is 2.95. The molecule has 21 heavy (non-hydrogen) atoms. The SMILES string of the molecule is N#Cc1c(N)nc2c(c1-c1ccccc1Cl)C(=O)CCC2. The van der Waals surface area contributed by atoms with Gasteiger partial charge in [0.25, 0.3) is 0 Å². The van der Waals surface area contributed by atoms with E-state index < -0.39 is 0 Å². The Labute approximate surface area is 127 Å². The van der Waals surface area contributed by atoms with Crippen LogP contribution in [0, 0.1) is 11.3 Å². The van der Waals surface area contributed by atoms with Crippen molar-refractivity contribution in [2.75, 3.05) is 5.73 Å². The Bertz CT molecular complexity index is 793. The van der Waals surface area contributed by atoms with E-state index in [4.69, 9.17) is 17.3 Å². The zero-order valence-corrected chi connectivity index (χ0v) is 11.9. The minimum atomic E-state index is -0.00447. The molecule has 0 bridgehead atoms. The van der Waals surface area contributed by atoms with E-state index in [1.54, 1.807) is 18.2 Å². The number of nitrogens with zero attached hydrogens (tertiary/aromatic N) is 2. The molecule has 0 atom stereocenters. The first-order valence-electron chi connectivity index (χ1n) is 6.64. The number of fused-ring (bicyclic) bond motifs is 1. The maximum absolute atomic E-state index is 12.3. The molecule has 0 saturated carbocycles. The predicted molar refractivity (Wildman–Crippen MR) is 81.1 cm³/mol. The summed E-state index contributed by atoms with van der Waals surface area (Å²) in [6.07, 6.45) is 1.90. The van der Waals surface area contributed by atoms with Gasteiger partial charge < -0.3 is 5.73 Å². The number of hydrogen-bond acceptors (Lipinski definition) is 4. The van der Waals surface area contributed by atoms with Crippen molar-refractivity contribution in [3.63, 3.8) is 0 Å². The average molecular weight is 298 g/mol. The van der Waals surface area contributed by atoms with Gasteiger partial charge in [0, 0.05) is 28.1 Å². The summed E-state index contributed by atoms with van der Waals surface area (Å²) < 4.78 is 0. The van der Waals surface area contributed by atoms with Crippen molar-refractivity contribution in [2.24, 2.45) is 0 Å². The second-order valence-corrected chi connectivity index (χ2v) is 5.34. The maximum atomic E-state index is 12.3. The van der Waals surface area contributed by atoms with Crippen molar-refractivity contribution >= 4 is 23.2 Å². The number of nitriles is 1. The van der Waals surface area contributed by atoms with Crippen LogP contribution in [0.4, 0.5) is 5.82 Å². The van der Waals surface area contributed by atoms with Crippen molar-refractivity contribution in [2.45, 2.75) is 19.3 Å². The normalized spacial score (nSPS) is 13.6. The molecular formula is C16H12ClN3O. The maximum Gasteiger partial charge on any atom is 0.165 e. The van der Waals surface area contributed by atoms with Crippen LogP contribution in [0.1, 0.15) is 34.5 Å². The molecule has 0 fully saturated rings. The number of pyridine rings is 1. The number of benzene rings is 1. The molecule has 1 aliphatic carbocycles. The number of nitrogens with two attached hydrogens (primary N) is 1. The molecule has 5 heteroatoms. The number of aromatic nitrogens is 1. The number of rotatable bonds is 1. The first-order valence-corrected chi connectivity index (χ1v) is 7.02. The summed E-state index contributed by atoms with van der Waals surface area (Å²) in [6.45, 7) is 0. The number of Topliss-reactive ketones (excluding diaryl/α,β-unsaturated/α-hetero) is 1. The Kier molecular flexibility index (Phi) is 3.36. The number of anilines is 1.